The minimum Gasteiger partial charge on any atom is -0.352 e. The van der Waals surface area contributed by atoms with Crippen molar-refractivity contribution in [3.05, 3.63) is 18.5 Å². The van der Waals surface area contributed by atoms with Crippen LogP contribution in [0, 0.1) is 17.8 Å². The van der Waals surface area contributed by atoms with Crippen LogP contribution in [0.2, 0.25) is 0 Å². The van der Waals surface area contributed by atoms with Crippen molar-refractivity contribution in [1.29, 1.82) is 0 Å². The largest absolute Gasteiger partial charge is 0.352 e. The number of hydrogen-bond acceptors (Lipinski definition) is 4. The molecule has 1 N–H and O–H groups in total. The summed E-state index contributed by atoms with van der Waals surface area (Å²) in [5.41, 5.74) is 0. The molecule has 0 unspecified atom stereocenters. The summed E-state index contributed by atoms with van der Waals surface area (Å²) in [6.07, 6.45) is 8.86. The van der Waals surface area contributed by atoms with Crippen LogP contribution in [0.4, 0.5) is 0 Å². The van der Waals surface area contributed by atoms with E-state index in [-0.39, 0.29) is 17.2 Å². The molecule has 21 heavy (non-hydrogen) atoms. The Morgan fingerprint density at radius 1 is 1.29 bits per heavy atom. The fraction of sp³-hybridized carbons (Fsp3) is 0.688. The van der Waals surface area contributed by atoms with E-state index < -0.39 is 0 Å². The fourth-order valence-electron chi connectivity index (χ4n) is 3.91. The third kappa shape index (κ3) is 3.39. The molecule has 1 aromatic rings. The monoisotopic (exact) mass is 305 g/mol. The SMILES string of the molecule is C[C@H](Sc1ncccn1)C(=O)N[C@H](C)[C@H]1C[C@H]2CC[C@H]1C2. The maximum Gasteiger partial charge on any atom is 0.233 e. The van der Waals surface area contributed by atoms with Crippen LogP contribution < -0.4 is 5.32 Å². The number of carbonyl (C=O) groups is 1. The summed E-state index contributed by atoms with van der Waals surface area (Å²) in [6, 6.07) is 2.07. The number of amides is 1. The highest BCUT2D eigenvalue weighted by Crippen LogP contribution is 2.49. The molecule has 4 nitrogen and oxygen atoms in total. The van der Waals surface area contributed by atoms with Gasteiger partial charge in [0.15, 0.2) is 5.16 Å². The third-order valence-electron chi connectivity index (χ3n) is 5.00. The molecule has 5 atom stereocenters. The molecule has 1 heterocycles. The van der Waals surface area contributed by atoms with Gasteiger partial charge in [0.25, 0.3) is 0 Å². The molecule has 0 aromatic carbocycles. The average molecular weight is 305 g/mol. The van der Waals surface area contributed by atoms with Gasteiger partial charge in [-0.05, 0) is 56.9 Å². The molecule has 2 saturated carbocycles. The van der Waals surface area contributed by atoms with Crippen LogP contribution in [0.5, 0.6) is 0 Å². The van der Waals surface area contributed by atoms with Crippen molar-refractivity contribution >= 4 is 17.7 Å². The summed E-state index contributed by atoms with van der Waals surface area (Å²) in [4.78, 5) is 20.7. The highest BCUT2D eigenvalue weighted by Gasteiger charge is 2.42. The van der Waals surface area contributed by atoms with E-state index in [9.17, 15) is 4.79 Å². The van der Waals surface area contributed by atoms with Crippen LogP contribution in [-0.4, -0.2) is 27.2 Å². The van der Waals surface area contributed by atoms with Gasteiger partial charge in [-0.3, -0.25) is 4.79 Å². The Kier molecular flexibility index (Phi) is 4.48. The second-order valence-corrected chi connectivity index (χ2v) is 7.74. The van der Waals surface area contributed by atoms with E-state index >= 15 is 0 Å². The lowest BCUT2D eigenvalue weighted by Gasteiger charge is -2.29. The molecule has 2 aliphatic rings. The van der Waals surface area contributed by atoms with Gasteiger partial charge in [0.1, 0.15) is 0 Å². The lowest BCUT2D eigenvalue weighted by atomic mass is 9.84. The third-order valence-corrected chi connectivity index (χ3v) is 5.99. The first-order chi connectivity index (χ1) is 10.1. The zero-order chi connectivity index (χ0) is 14.8. The lowest BCUT2D eigenvalue weighted by molar-refractivity contribution is -0.121. The number of hydrogen-bond donors (Lipinski definition) is 1. The van der Waals surface area contributed by atoms with Gasteiger partial charge in [-0.25, -0.2) is 9.97 Å². The molecular formula is C16H23N3OS. The molecule has 0 radical (unpaired) electrons. The highest BCUT2D eigenvalue weighted by atomic mass is 32.2. The Balaban J connectivity index is 1.51. The Morgan fingerprint density at radius 2 is 2.05 bits per heavy atom. The van der Waals surface area contributed by atoms with Gasteiger partial charge in [0, 0.05) is 18.4 Å². The van der Waals surface area contributed by atoms with Gasteiger partial charge >= 0.3 is 0 Å². The minimum absolute atomic E-state index is 0.0997. The van der Waals surface area contributed by atoms with Crippen molar-refractivity contribution in [2.24, 2.45) is 17.8 Å². The standard InChI is InChI=1S/C16H23N3OS/c1-10(14-9-12-4-5-13(14)8-12)19-15(20)11(2)21-16-17-6-3-7-18-16/h3,6-7,10-14H,4-5,8-9H2,1-2H3,(H,19,20)/t10-,11+,12+,13+,14-/m1/s1. The molecular weight excluding hydrogens is 282 g/mol. The number of fused-ring (bicyclic) bond motifs is 2. The summed E-state index contributed by atoms with van der Waals surface area (Å²) >= 11 is 1.42. The molecule has 5 heteroatoms. The lowest BCUT2D eigenvalue weighted by Crippen LogP contribution is -2.43. The topological polar surface area (TPSA) is 54.9 Å². The predicted octanol–water partition coefficient (Wildman–Crippen LogP) is 2.90. The first kappa shape index (κ1) is 14.8. The number of nitrogens with one attached hydrogen (secondary N) is 1. The minimum atomic E-state index is -0.159. The first-order valence-electron chi connectivity index (χ1n) is 7.87. The van der Waals surface area contributed by atoms with Gasteiger partial charge in [-0.15, -0.1) is 0 Å². The molecule has 3 rings (SSSR count). The van der Waals surface area contributed by atoms with Crippen molar-refractivity contribution in [3.63, 3.8) is 0 Å². The van der Waals surface area contributed by atoms with E-state index in [4.69, 9.17) is 0 Å². The fourth-order valence-corrected chi connectivity index (χ4v) is 4.65. The molecule has 0 aliphatic heterocycles. The summed E-state index contributed by atoms with van der Waals surface area (Å²) in [5.74, 6) is 2.54. The normalized spacial score (nSPS) is 30.1. The van der Waals surface area contributed by atoms with E-state index in [1.807, 2.05) is 6.92 Å². The van der Waals surface area contributed by atoms with Crippen LogP contribution in [0.1, 0.15) is 39.5 Å². The van der Waals surface area contributed by atoms with Gasteiger partial charge in [0.2, 0.25) is 5.91 Å². The van der Waals surface area contributed by atoms with Crippen LogP contribution in [0.25, 0.3) is 0 Å². The Hall–Kier alpha value is -1.10. The maximum absolute atomic E-state index is 12.3. The van der Waals surface area contributed by atoms with Crippen LogP contribution in [0.15, 0.2) is 23.6 Å². The molecule has 1 amide bonds. The van der Waals surface area contributed by atoms with Crippen molar-refractivity contribution in [3.8, 4) is 0 Å². The zero-order valence-electron chi connectivity index (χ0n) is 12.7. The highest BCUT2D eigenvalue weighted by molar-refractivity contribution is 8.00. The number of aromatic nitrogens is 2. The second kappa shape index (κ2) is 6.34. The van der Waals surface area contributed by atoms with Gasteiger partial charge in [-0.2, -0.15) is 0 Å². The Labute approximate surface area is 130 Å². The quantitative estimate of drug-likeness (QED) is 0.671. The summed E-state index contributed by atoms with van der Waals surface area (Å²) in [6.45, 7) is 4.09. The van der Waals surface area contributed by atoms with Crippen LogP contribution in [0.3, 0.4) is 0 Å². The van der Waals surface area contributed by atoms with Crippen molar-refractivity contribution in [2.45, 2.75) is 56.0 Å². The molecule has 0 spiro atoms. The van der Waals surface area contributed by atoms with Crippen molar-refractivity contribution in [2.75, 3.05) is 0 Å². The number of thioether (sulfide) groups is 1. The zero-order valence-corrected chi connectivity index (χ0v) is 13.5. The number of carbonyl (C=O) groups excluding carboxylic acids is 1. The molecule has 114 valence electrons. The second-order valence-electron chi connectivity index (χ2n) is 6.43. The van der Waals surface area contributed by atoms with E-state index in [0.29, 0.717) is 11.1 Å². The summed E-state index contributed by atoms with van der Waals surface area (Å²) in [5, 5.41) is 3.71. The first-order valence-corrected chi connectivity index (χ1v) is 8.75. The van der Waals surface area contributed by atoms with Gasteiger partial charge in [-0.1, -0.05) is 18.2 Å². The smallest absolute Gasteiger partial charge is 0.233 e. The Morgan fingerprint density at radius 3 is 2.67 bits per heavy atom. The Bertz CT molecular complexity index is 496. The summed E-state index contributed by atoms with van der Waals surface area (Å²) in [7, 11) is 0. The molecule has 2 bridgehead atoms. The average Bonchev–Trinajstić information content (AvgIpc) is 3.11. The van der Waals surface area contributed by atoms with E-state index in [1.165, 1.54) is 37.4 Å². The number of nitrogens with zero attached hydrogens (tertiary/aromatic N) is 2. The van der Waals surface area contributed by atoms with E-state index in [1.54, 1.807) is 18.5 Å². The molecule has 2 aliphatic carbocycles. The van der Waals surface area contributed by atoms with Crippen LogP contribution in [-0.2, 0) is 4.79 Å². The number of rotatable bonds is 5. The van der Waals surface area contributed by atoms with Crippen molar-refractivity contribution in [1.82, 2.24) is 15.3 Å². The predicted molar refractivity (Wildman–Crippen MR) is 83.9 cm³/mol. The van der Waals surface area contributed by atoms with Crippen molar-refractivity contribution < 1.29 is 4.79 Å². The van der Waals surface area contributed by atoms with Gasteiger partial charge in [0.05, 0.1) is 5.25 Å². The summed E-state index contributed by atoms with van der Waals surface area (Å²) < 4.78 is 0. The molecule has 2 fully saturated rings. The van der Waals surface area contributed by atoms with E-state index in [0.717, 1.165) is 11.8 Å². The molecule has 0 saturated heterocycles. The van der Waals surface area contributed by atoms with Gasteiger partial charge < -0.3 is 5.32 Å². The molecule has 1 aromatic heterocycles. The van der Waals surface area contributed by atoms with Crippen LogP contribution >= 0.6 is 11.8 Å². The maximum atomic E-state index is 12.3. The van der Waals surface area contributed by atoms with E-state index in [2.05, 4.69) is 22.2 Å².